The molecule has 0 aliphatic heterocycles. The maximum atomic E-state index is 13.8. The highest BCUT2D eigenvalue weighted by atomic mass is 19.3. The molecule has 0 amide bonds. The molecule has 0 radical (unpaired) electrons. The third-order valence-corrected chi connectivity index (χ3v) is 4.72. The van der Waals surface area contributed by atoms with Crippen LogP contribution in [0.2, 0.25) is 0 Å². The zero-order valence-electron chi connectivity index (χ0n) is 21.2. The van der Waals surface area contributed by atoms with Crippen molar-refractivity contribution in [3.05, 3.63) is 42.5 Å². The summed E-state index contributed by atoms with van der Waals surface area (Å²) in [5, 5.41) is 29.7. The van der Waals surface area contributed by atoms with E-state index in [2.05, 4.69) is 14.2 Å². The fraction of sp³-hybridized carbons (Fsp3) is 0.600. The van der Waals surface area contributed by atoms with Crippen molar-refractivity contribution in [1.82, 2.24) is 0 Å². The third-order valence-electron chi connectivity index (χ3n) is 4.72. The van der Waals surface area contributed by atoms with Crippen LogP contribution in [0.1, 0.15) is 0 Å². The van der Waals surface area contributed by atoms with Gasteiger partial charge in [0.15, 0.2) is 0 Å². The molecule has 39 heavy (non-hydrogen) atoms. The second-order valence-corrected chi connectivity index (χ2v) is 8.24. The first-order chi connectivity index (χ1) is 18.6. The van der Waals surface area contributed by atoms with Gasteiger partial charge in [-0.3, -0.25) is 4.74 Å². The summed E-state index contributed by atoms with van der Waals surface area (Å²) in [6.07, 6.45) is -10.9. The standard InChI is InChI=1S/C25H34F4O10/c26-24(27,16-36-14-21(32)15-38-23-7-3-5-19-4-1-2-6-22(19)23)39-25(28,29)17-37-18-35-11-10-34-13-20(31)12-33-9-8-30/h1-7,20-21,30-32H,8-18H2. The Balaban J connectivity index is 1.55. The van der Waals surface area contributed by atoms with Crippen LogP contribution in [0.25, 0.3) is 10.8 Å². The van der Waals surface area contributed by atoms with Gasteiger partial charge in [0.2, 0.25) is 0 Å². The van der Waals surface area contributed by atoms with E-state index in [0.29, 0.717) is 5.75 Å². The molecule has 0 heterocycles. The van der Waals surface area contributed by atoms with Crippen molar-refractivity contribution in [1.29, 1.82) is 0 Å². The number of ether oxygens (including phenoxy) is 7. The average molecular weight is 571 g/mol. The molecule has 0 saturated heterocycles. The van der Waals surface area contributed by atoms with Crippen LogP contribution in [-0.4, -0.2) is 113 Å². The number of fused-ring (bicyclic) bond motifs is 1. The number of alkyl halides is 4. The molecule has 2 aromatic rings. The van der Waals surface area contributed by atoms with Gasteiger partial charge in [0.25, 0.3) is 0 Å². The van der Waals surface area contributed by atoms with E-state index in [-0.39, 0.29) is 46.2 Å². The van der Waals surface area contributed by atoms with E-state index in [0.717, 1.165) is 10.8 Å². The van der Waals surface area contributed by atoms with Gasteiger partial charge in [-0.15, -0.1) is 0 Å². The van der Waals surface area contributed by atoms with Gasteiger partial charge >= 0.3 is 12.2 Å². The van der Waals surface area contributed by atoms with Gasteiger partial charge in [-0.1, -0.05) is 36.4 Å². The highest BCUT2D eigenvalue weighted by Crippen LogP contribution is 2.28. The van der Waals surface area contributed by atoms with Crippen LogP contribution in [0.4, 0.5) is 17.6 Å². The summed E-state index contributed by atoms with van der Waals surface area (Å²) >= 11 is 0. The van der Waals surface area contributed by atoms with E-state index in [1.54, 1.807) is 12.1 Å². The SMILES string of the molecule is OCCOCC(O)COCCOCOCC(F)(F)OC(F)(F)COCC(O)COc1cccc2ccccc12. The lowest BCUT2D eigenvalue weighted by atomic mass is 10.1. The Bertz CT molecular complexity index is 931. The average Bonchev–Trinajstić information content (AvgIpc) is 2.88. The molecule has 0 spiro atoms. The van der Waals surface area contributed by atoms with Crippen LogP contribution < -0.4 is 4.74 Å². The van der Waals surface area contributed by atoms with Gasteiger partial charge in [0.05, 0.1) is 46.2 Å². The predicted octanol–water partition coefficient (Wildman–Crippen LogP) is 2.18. The quantitative estimate of drug-likeness (QED) is 0.110. The molecule has 222 valence electrons. The van der Waals surface area contributed by atoms with Crippen molar-refractivity contribution >= 4 is 10.8 Å². The predicted molar refractivity (Wildman–Crippen MR) is 129 cm³/mol. The fourth-order valence-electron chi connectivity index (χ4n) is 3.09. The topological polar surface area (TPSA) is 125 Å². The van der Waals surface area contributed by atoms with Crippen molar-refractivity contribution in [2.24, 2.45) is 0 Å². The van der Waals surface area contributed by atoms with E-state index in [4.69, 9.17) is 24.1 Å². The third kappa shape index (κ3) is 14.2. The van der Waals surface area contributed by atoms with Crippen LogP contribution in [0.5, 0.6) is 5.75 Å². The van der Waals surface area contributed by atoms with Crippen molar-refractivity contribution in [3.8, 4) is 5.75 Å². The molecule has 0 aliphatic carbocycles. The summed E-state index contributed by atoms with van der Waals surface area (Å²) in [6.45, 7) is -4.83. The maximum absolute atomic E-state index is 13.8. The molecule has 3 N–H and O–H groups in total. The Morgan fingerprint density at radius 3 is 2.00 bits per heavy atom. The first-order valence-corrected chi connectivity index (χ1v) is 12.0. The number of rotatable bonds is 22. The summed E-state index contributed by atoms with van der Waals surface area (Å²) in [5.41, 5.74) is 0. The summed E-state index contributed by atoms with van der Waals surface area (Å²) in [5.74, 6) is 0.483. The number of halogens is 4. The molecule has 0 bridgehead atoms. The second kappa shape index (κ2) is 17.5. The first kappa shape index (κ1) is 33.1. The number of hydrogen-bond acceptors (Lipinski definition) is 10. The molecule has 10 nitrogen and oxygen atoms in total. The molecular weight excluding hydrogens is 536 g/mol. The lowest BCUT2D eigenvalue weighted by molar-refractivity contribution is -0.396. The summed E-state index contributed by atoms with van der Waals surface area (Å²) < 4.78 is 88.0. The van der Waals surface area contributed by atoms with Gasteiger partial charge in [-0.25, -0.2) is 0 Å². The number of aliphatic hydroxyl groups is 3. The van der Waals surface area contributed by atoms with Crippen LogP contribution in [-0.2, 0) is 28.4 Å². The van der Waals surface area contributed by atoms with Crippen LogP contribution >= 0.6 is 0 Å². The smallest absolute Gasteiger partial charge is 0.383 e. The first-order valence-electron chi connectivity index (χ1n) is 12.0. The van der Waals surface area contributed by atoms with Crippen LogP contribution in [0, 0.1) is 0 Å². The molecule has 14 heteroatoms. The Kier molecular flexibility index (Phi) is 14.9. The Labute approximate surface area is 222 Å². The summed E-state index contributed by atoms with van der Waals surface area (Å²) in [7, 11) is 0. The Hall–Kier alpha value is -2.14. The lowest BCUT2D eigenvalue weighted by Crippen LogP contribution is -2.40. The van der Waals surface area contributed by atoms with E-state index < -0.39 is 51.0 Å². The molecule has 2 unspecified atom stereocenters. The largest absolute Gasteiger partial charge is 0.490 e. The highest BCUT2D eigenvalue weighted by Gasteiger charge is 2.44. The number of hydrogen-bond donors (Lipinski definition) is 3. The van der Waals surface area contributed by atoms with Crippen LogP contribution in [0.15, 0.2) is 42.5 Å². The monoisotopic (exact) mass is 570 g/mol. The molecule has 0 fully saturated rings. The van der Waals surface area contributed by atoms with Gasteiger partial charge in [0, 0.05) is 5.39 Å². The fourth-order valence-corrected chi connectivity index (χ4v) is 3.09. The van der Waals surface area contributed by atoms with Crippen molar-refractivity contribution in [3.63, 3.8) is 0 Å². The van der Waals surface area contributed by atoms with E-state index in [9.17, 15) is 27.8 Å². The molecule has 2 atom stereocenters. The van der Waals surface area contributed by atoms with Gasteiger partial charge in [-0.05, 0) is 11.5 Å². The lowest BCUT2D eigenvalue weighted by Gasteiger charge is -2.24. The zero-order valence-corrected chi connectivity index (χ0v) is 21.2. The Morgan fingerprint density at radius 2 is 1.26 bits per heavy atom. The maximum Gasteiger partial charge on any atom is 0.383 e. The van der Waals surface area contributed by atoms with E-state index in [1.807, 2.05) is 30.3 Å². The highest BCUT2D eigenvalue weighted by molar-refractivity contribution is 5.88. The molecule has 2 rings (SSSR count). The minimum absolute atomic E-state index is 0.00154. The van der Waals surface area contributed by atoms with Crippen molar-refractivity contribution in [2.45, 2.75) is 24.4 Å². The minimum atomic E-state index is -4.36. The van der Waals surface area contributed by atoms with Gasteiger partial charge in [0.1, 0.15) is 44.6 Å². The van der Waals surface area contributed by atoms with Crippen molar-refractivity contribution in [2.75, 3.05) is 72.9 Å². The molecule has 0 aromatic heterocycles. The van der Waals surface area contributed by atoms with E-state index >= 15 is 0 Å². The van der Waals surface area contributed by atoms with Gasteiger partial charge < -0.3 is 43.7 Å². The van der Waals surface area contributed by atoms with Gasteiger partial charge in [-0.2, -0.15) is 17.6 Å². The van der Waals surface area contributed by atoms with E-state index in [1.165, 1.54) is 0 Å². The Morgan fingerprint density at radius 1 is 0.667 bits per heavy atom. The second-order valence-electron chi connectivity index (χ2n) is 8.24. The van der Waals surface area contributed by atoms with Crippen molar-refractivity contribution < 1.29 is 66.0 Å². The number of aliphatic hydroxyl groups excluding tert-OH is 3. The van der Waals surface area contributed by atoms with Crippen LogP contribution in [0.3, 0.4) is 0 Å². The normalized spacial score (nSPS) is 14.0. The molecule has 0 aliphatic rings. The summed E-state index contributed by atoms with van der Waals surface area (Å²) in [6, 6.07) is 12.7. The number of benzene rings is 2. The molecule has 0 saturated carbocycles. The minimum Gasteiger partial charge on any atom is -0.490 e. The zero-order chi connectivity index (χ0) is 28.6. The molecule has 2 aromatic carbocycles. The summed E-state index contributed by atoms with van der Waals surface area (Å²) in [4.78, 5) is 0. The molecular formula is C25H34F4O10.